The van der Waals surface area contributed by atoms with Gasteiger partial charge in [-0.05, 0) is 72.9 Å². The number of nitrogens with one attached hydrogen (secondary N) is 3. The van der Waals surface area contributed by atoms with Crippen LogP contribution in [0.5, 0.6) is 11.5 Å². The van der Waals surface area contributed by atoms with E-state index in [1.54, 1.807) is 25.4 Å². The van der Waals surface area contributed by atoms with Gasteiger partial charge >= 0.3 is 0 Å². The Kier molecular flexibility index (Phi) is 5.52. The molecule has 0 fully saturated rings. The van der Waals surface area contributed by atoms with Gasteiger partial charge in [-0.1, -0.05) is 6.07 Å². The average molecular weight is 441 g/mol. The first-order valence-corrected chi connectivity index (χ1v) is 10.9. The van der Waals surface area contributed by atoms with E-state index in [4.69, 9.17) is 4.74 Å². The summed E-state index contributed by atoms with van der Waals surface area (Å²) in [4.78, 5) is 31.9. The number of aromatic nitrogens is 2. The smallest absolute Gasteiger partial charge is 0.269 e. The van der Waals surface area contributed by atoms with Crippen molar-refractivity contribution in [3.63, 3.8) is 0 Å². The van der Waals surface area contributed by atoms with Crippen LogP contribution in [0.25, 0.3) is 10.9 Å². The monoisotopic (exact) mass is 440 g/mol. The molecule has 166 valence electrons. The third-order valence-corrected chi connectivity index (χ3v) is 5.98. The Bertz CT molecular complexity index is 1340. The molecule has 33 heavy (non-hydrogen) atoms. The minimum atomic E-state index is -0.264. The molecule has 4 aromatic rings. The number of fused-ring (bicyclic) bond motifs is 2. The second-order valence-corrected chi connectivity index (χ2v) is 8.18. The number of amides is 2. The third kappa shape index (κ3) is 4.43. The summed E-state index contributed by atoms with van der Waals surface area (Å²) in [5, 5.41) is 6.77. The van der Waals surface area contributed by atoms with Gasteiger partial charge in [0.1, 0.15) is 17.2 Å². The van der Waals surface area contributed by atoms with Crippen LogP contribution in [0.2, 0.25) is 0 Å². The van der Waals surface area contributed by atoms with Crippen molar-refractivity contribution in [3.8, 4) is 11.5 Å². The molecule has 7 nitrogen and oxygen atoms in total. The van der Waals surface area contributed by atoms with Crippen LogP contribution in [0.15, 0.2) is 67.0 Å². The Labute approximate surface area is 191 Å². The van der Waals surface area contributed by atoms with Crippen LogP contribution < -0.4 is 15.4 Å². The van der Waals surface area contributed by atoms with Crippen molar-refractivity contribution < 1.29 is 14.3 Å². The van der Waals surface area contributed by atoms with Crippen LogP contribution in [0.1, 0.15) is 38.4 Å². The van der Waals surface area contributed by atoms with E-state index < -0.39 is 0 Å². The van der Waals surface area contributed by atoms with Crippen LogP contribution in [0.4, 0.5) is 0 Å². The number of nitrogens with zero attached hydrogens (tertiary/aromatic N) is 1. The number of carbonyl (C=O) groups excluding carboxylic acids is 2. The summed E-state index contributed by atoms with van der Waals surface area (Å²) in [6.45, 7) is 0. The van der Waals surface area contributed by atoms with Crippen LogP contribution in [-0.2, 0) is 12.8 Å². The van der Waals surface area contributed by atoms with Gasteiger partial charge in [0, 0.05) is 48.0 Å². The molecule has 0 saturated carbocycles. The van der Waals surface area contributed by atoms with Crippen molar-refractivity contribution in [2.45, 2.75) is 25.3 Å². The normalized spacial score (nSPS) is 15.0. The van der Waals surface area contributed by atoms with Gasteiger partial charge in [-0.2, -0.15) is 0 Å². The van der Waals surface area contributed by atoms with Crippen molar-refractivity contribution >= 4 is 22.7 Å². The molecule has 1 aliphatic carbocycles. The fourth-order valence-corrected chi connectivity index (χ4v) is 4.25. The lowest BCUT2D eigenvalue weighted by molar-refractivity contribution is 0.0931. The number of aromatic amines is 1. The standard InChI is InChI=1S/C26H24N4O3/c1-27-26(32)24-15-22(9-11-29-24)33-21-6-3-16-2-5-20(13-19(16)14-21)30-25(31)18-4-7-23-17(12-18)8-10-28-23/h3-4,6-12,14-15,20,28H,2,5,13H2,1H3,(H,27,32)(H,30,31). The molecule has 0 spiro atoms. The number of H-pyrrole nitrogens is 1. The highest BCUT2D eigenvalue weighted by atomic mass is 16.5. The molecule has 1 unspecified atom stereocenters. The van der Waals surface area contributed by atoms with Gasteiger partial charge in [0.2, 0.25) is 0 Å². The molecule has 2 amide bonds. The van der Waals surface area contributed by atoms with Gasteiger partial charge in [0.15, 0.2) is 0 Å². The van der Waals surface area contributed by atoms with Crippen molar-refractivity contribution in [1.82, 2.24) is 20.6 Å². The van der Waals surface area contributed by atoms with Crippen molar-refractivity contribution in [3.05, 3.63) is 89.4 Å². The van der Waals surface area contributed by atoms with E-state index in [1.807, 2.05) is 42.6 Å². The maximum atomic E-state index is 12.8. The zero-order valence-corrected chi connectivity index (χ0v) is 18.2. The first kappa shape index (κ1) is 20.8. The number of aryl methyl sites for hydroxylation is 1. The molecule has 0 saturated heterocycles. The predicted molar refractivity (Wildman–Crippen MR) is 126 cm³/mol. The molecule has 3 N–H and O–H groups in total. The number of carbonyl (C=O) groups is 2. The Morgan fingerprint density at radius 1 is 1.00 bits per heavy atom. The van der Waals surface area contributed by atoms with E-state index in [1.165, 1.54) is 5.56 Å². The fourth-order valence-electron chi connectivity index (χ4n) is 4.25. The maximum Gasteiger partial charge on any atom is 0.269 e. The molecule has 1 aliphatic rings. The molecule has 1 atom stereocenters. The van der Waals surface area contributed by atoms with Gasteiger partial charge in [-0.25, -0.2) is 0 Å². The molecular formula is C26H24N4O3. The van der Waals surface area contributed by atoms with Crippen LogP contribution >= 0.6 is 0 Å². The quantitative estimate of drug-likeness (QED) is 0.437. The van der Waals surface area contributed by atoms with Gasteiger partial charge in [-0.3, -0.25) is 14.6 Å². The second kappa shape index (κ2) is 8.78. The summed E-state index contributed by atoms with van der Waals surface area (Å²) in [6, 6.07) is 17.1. The summed E-state index contributed by atoms with van der Waals surface area (Å²) in [7, 11) is 1.56. The van der Waals surface area contributed by atoms with E-state index >= 15 is 0 Å². The number of ether oxygens (including phenoxy) is 1. The number of rotatable bonds is 5. The molecule has 5 rings (SSSR count). The Hall–Kier alpha value is -4.13. The van der Waals surface area contributed by atoms with Gasteiger partial charge in [0.05, 0.1) is 0 Å². The topological polar surface area (TPSA) is 96.1 Å². The molecule has 0 bridgehead atoms. The first-order valence-electron chi connectivity index (χ1n) is 10.9. The van der Waals surface area contributed by atoms with E-state index in [0.717, 1.165) is 35.7 Å². The SMILES string of the molecule is CNC(=O)c1cc(Oc2ccc3c(c2)CC(NC(=O)c2ccc4[nH]ccc4c2)CC3)ccn1. The average Bonchev–Trinajstić information content (AvgIpc) is 3.31. The number of hydrogen-bond donors (Lipinski definition) is 3. The van der Waals surface area contributed by atoms with Crippen molar-refractivity contribution in [1.29, 1.82) is 0 Å². The summed E-state index contributed by atoms with van der Waals surface area (Å²) < 4.78 is 5.99. The molecule has 0 radical (unpaired) electrons. The lowest BCUT2D eigenvalue weighted by Crippen LogP contribution is -2.38. The zero-order chi connectivity index (χ0) is 22.8. The summed E-state index contributed by atoms with van der Waals surface area (Å²) in [5.74, 6) is 0.912. The Balaban J connectivity index is 1.28. The largest absolute Gasteiger partial charge is 0.457 e. The maximum absolute atomic E-state index is 12.8. The highest BCUT2D eigenvalue weighted by Gasteiger charge is 2.21. The number of pyridine rings is 1. The number of benzene rings is 2. The zero-order valence-electron chi connectivity index (χ0n) is 18.2. The van der Waals surface area contributed by atoms with Crippen molar-refractivity contribution in [2.24, 2.45) is 0 Å². The molecule has 0 aliphatic heterocycles. The summed E-state index contributed by atoms with van der Waals surface area (Å²) in [6.07, 6.45) is 5.95. The van der Waals surface area contributed by atoms with Crippen LogP contribution in [-0.4, -0.2) is 34.9 Å². The first-order chi connectivity index (χ1) is 16.1. The Morgan fingerprint density at radius 3 is 2.76 bits per heavy atom. The Morgan fingerprint density at radius 2 is 1.88 bits per heavy atom. The molecule has 7 heteroatoms. The molecular weight excluding hydrogens is 416 g/mol. The predicted octanol–water partition coefficient (Wildman–Crippen LogP) is 4.00. The molecule has 2 heterocycles. The molecule has 2 aromatic heterocycles. The minimum Gasteiger partial charge on any atom is -0.457 e. The van der Waals surface area contributed by atoms with Gasteiger partial charge in [-0.15, -0.1) is 0 Å². The van der Waals surface area contributed by atoms with Gasteiger partial charge < -0.3 is 20.4 Å². The lowest BCUT2D eigenvalue weighted by atomic mass is 9.88. The lowest BCUT2D eigenvalue weighted by Gasteiger charge is -2.26. The van der Waals surface area contributed by atoms with Crippen LogP contribution in [0, 0.1) is 0 Å². The van der Waals surface area contributed by atoms with Gasteiger partial charge in [0.25, 0.3) is 11.8 Å². The second-order valence-electron chi connectivity index (χ2n) is 8.18. The highest BCUT2D eigenvalue weighted by Crippen LogP contribution is 2.29. The van der Waals surface area contributed by atoms with Crippen LogP contribution in [0.3, 0.4) is 0 Å². The highest BCUT2D eigenvalue weighted by molar-refractivity contribution is 5.98. The minimum absolute atomic E-state index is 0.0579. The van der Waals surface area contributed by atoms with E-state index in [2.05, 4.69) is 26.7 Å². The van der Waals surface area contributed by atoms with Crippen molar-refractivity contribution in [2.75, 3.05) is 7.05 Å². The van der Waals surface area contributed by atoms with E-state index in [9.17, 15) is 9.59 Å². The molecule has 2 aromatic carbocycles. The third-order valence-electron chi connectivity index (χ3n) is 5.98. The number of hydrogen-bond acceptors (Lipinski definition) is 4. The van der Waals surface area contributed by atoms with E-state index in [0.29, 0.717) is 22.8 Å². The summed E-state index contributed by atoms with van der Waals surface area (Å²) >= 11 is 0. The fraction of sp³-hybridized carbons (Fsp3) is 0.192. The summed E-state index contributed by atoms with van der Waals surface area (Å²) in [5.41, 5.74) is 4.40. The van der Waals surface area contributed by atoms with E-state index in [-0.39, 0.29) is 17.9 Å².